The largest absolute Gasteiger partial charge is 0.452 e. The number of amides is 1. The van der Waals surface area contributed by atoms with E-state index in [1.807, 2.05) is 32.9 Å². The average Bonchev–Trinajstić information content (AvgIpc) is 2.87. The maximum atomic E-state index is 13.1. The van der Waals surface area contributed by atoms with Gasteiger partial charge in [0.05, 0.1) is 35.2 Å². The van der Waals surface area contributed by atoms with E-state index in [0.717, 1.165) is 79.1 Å². The van der Waals surface area contributed by atoms with Crippen molar-refractivity contribution < 1.29 is 22.7 Å². The van der Waals surface area contributed by atoms with Crippen molar-refractivity contribution in [3.8, 4) is 0 Å². The Balaban J connectivity index is 0.00000186. The van der Waals surface area contributed by atoms with E-state index in [4.69, 9.17) is 9.72 Å². The summed E-state index contributed by atoms with van der Waals surface area (Å²) >= 11 is 0. The van der Waals surface area contributed by atoms with E-state index in [2.05, 4.69) is 17.2 Å². The number of halogens is 3. The minimum Gasteiger partial charge on any atom is -0.452 e. The van der Waals surface area contributed by atoms with Gasteiger partial charge >= 0.3 is 12.3 Å². The number of ether oxygens (including phenoxy) is 1. The van der Waals surface area contributed by atoms with Crippen molar-refractivity contribution in [2.75, 3.05) is 23.9 Å². The third kappa shape index (κ3) is 5.60. The van der Waals surface area contributed by atoms with Crippen molar-refractivity contribution >= 4 is 17.6 Å². The number of aryl methyl sites for hydroxylation is 2. The summed E-state index contributed by atoms with van der Waals surface area (Å²) < 4.78 is 44.4. The minimum absolute atomic E-state index is 0.376. The highest BCUT2D eigenvalue weighted by molar-refractivity contribution is 5.88. The van der Waals surface area contributed by atoms with Gasteiger partial charge in [-0.15, -0.1) is 0 Å². The molecule has 1 fully saturated rings. The van der Waals surface area contributed by atoms with Gasteiger partial charge in [0.1, 0.15) is 5.82 Å². The van der Waals surface area contributed by atoms with Crippen LogP contribution in [0.3, 0.4) is 0 Å². The van der Waals surface area contributed by atoms with E-state index in [-0.39, 0.29) is 5.41 Å². The van der Waals surface area contributed by atoms with Gasteiger partial charge in [0, 0.05) is 18.4 Å². The lowest BCUT2D eigenvalue weighted by molar-refractivity contribution is -0.137. The third-order valence-electron chi connectivity index (χ3n) is 7.21. The van der Waals surface area contributed by atoms with E-state index >= 15 is 0 Å². The molecule has 202 valence electrons. The number of carbonyl (C=O) groups excluding carboxylic acids is 1. The quantitative estimate of drug-likeness (QED) is 0.442. The molecule has 4 rings (SSSR count). The number of hydrogen-bond acceptors (Lipinski definition) is 5. The number of fused-ring (bicyclic) bond motifs is 1. The fraction of sp³-hybridized carbons (Fsp3) is 0.536. The molecule has 1 aliphatic heterocycles. The molecule has 1 saturated carbocycles. The van der Waals surface area contributed by atoms with Gasteiger partial charge in [0.15, 0.2) is 0 Å². The van der Waals surface area contributed by atoms with E-state index < -0.39 is 17.8 Å². The number of carbonyl (C=O) groups is 1. The number of allylic oxidation sites excluding steroid dienone is 2. The second kappa shape index (κ2) is 11.5. The standard InChI is InChI=1S/C26H31F3N4O2.C2H6/c1-5-16(2)22(32-23-17(3)14-18(15-30-23)26(27,28)29)25(11-7-12-25)21-10-9-20-19(31-21)8-6-13-33(20)24(34)35-4;1-2/h9-10,14-15H,5-8,11-13H2,1-4H3,(H,30,32);1-2H3. The molecule has 1 amide bonds. The van der Waals surface area contributed by atoms with Crippen LogP contribution in [-0.4, -0.2) is 29.7 Å². The summed E-state index contributed by atoms with van der Waals surface area (Å²) in [6.07, 6.45) is 1.17. The molecule has 0 aromatic carbocycles. The molecule has 6 nitrogen and oxygen atoms in total. The number of pyridine rings is 2. The van der Waals surface area contributed by atoms with Crippen LogP contribution < -0.4 is 10.2 Å². The zero-order chi connectivity index (χ0) is 27.4. The molecule has 0 spiro atoms. The first-order chi connectivity index (χ1) is 17.6. The number of alkyl halides is 3. The summed E-state index contributed by atoms with van der Waals surface area (Å²) in [5.74, 6) is 0.418. The number of methoxy groups -OCH3 is 1. The summed E-state index contributed by atoms with van der Waals surface area (Å²) in [5, 5.41) is 3.41. The predicted octanol–water partition coefficient (Wildman–Crippen LogP) is 7.57. The lowest BCUT2D eigenvalue weighted by atomic mass is 9.63. The molecule has 0 atom stereocenters. The summed E-state index contributed by atoms with van der Waals surface area (Å²) in [4.78, 5) is 23.0. The van der Waals surface area contributed by atoms with Gasteiger partial charge in [0.25, 0.3) is 0 Å². The van der Waals surface area contributed by atoms with E-state index in [9.17, 15) is 18.0 Å². The average molecular weight is 519 g/mol. The lowest BCUT2D eigenvalue weighted by Crippen LogP contribution is -2.42. The predicted molar refractivity (Wildman–Crippen MR) is 140 cm³/mol. The van der Waals surface area contributed by atoms with Gasteiger partial charge in [-0.1, -0.05) is 32.8 Å². The zero-order valence-electron chi connectivity index (χ0n) is 22.6. The second-order valence-corrected chi connectivity index (χ2v) is 9.34. The molecule has 9 heteroatoms. The Morgan fingerprint density at radius 1 is 1.22 bits per heavy atom. The minimum atomic E-state index is -4.44. The van der Waals surface area contributed by atoms with Crippen LogP contribution in [0, 0.1) is 6.92 Å². The molecule has 0 unspecified atom stereocenters. The zero-order valence-corrected chi connectivity index (χ0v) is 22.6. The van der Waals surface area contributed by atoms with Crippen molar-refractivity contribution in [2.24, 2.45) is 0 Å². The normalized spacial score (nSPS) is 16.9. The van der Waals surface area contributed by atoms with Crippen LogP contribution in [0.25, 0.3) is 0 Å². The molecule has 37 heavy (non-hydrogen) atoms. The van der Waals surface area contributed by atoms with Gasteiger partial charge < -0.3 is 10.1 Å². The van der Waals surface area contributed by atoms with Crippen LogP contribution in [0.15, 0.2) is 35.7 Å². The highest BCUT2D eigenvalue weighted by Gasteiger charge is 2.45. The summed E-state index contributed by atoms with van der Waals surface area (Å²) in [7, 11) is 1.37. The number of aromatic nitrogens is 2. The number of nitrogens with zero attached hydrogens (tertiary/aromatic N) is 3. The highest BCUT2D eigenvalue weighted by Crippen LogP contribution is 2.50. The first-order valence-corrected chi connectivity index (χ1v) is 13.0. The molecule has 2 aromatic rings. The number of hydrogen-bond donors (Lipinski definition) is 1. The van der Waals surface area contributed by atoms with Crippen LogP contribution >= 0.6 is 0 Å². The molecule has 0 saturated heterocycles. The first-order valence-electron chi connectivity index (χ1n) is 13.0. The SMILES string of the molecule is CC.CCC(C)=C(Nc1ncc(C(F)(F)F)cc1C)C1(c2ccc3c(n2)CCCN3C(=O)OC)CCC1. The Kier molecular flexibility index (Phi) is 8.87. The third-order valence-corrected chi connectivity index (χ3v) is 7.21. The van der Waals surface area contributed by atoms with Crippen molar-refractivity contribution in [1.82, 2.24) is 9.97 Å². The maximum Gasteiger partial charge on any atom is 0.417 e. The lowest BCUT2D eigenvalue weighted by Gasteiger charge is -2.45. The van der Waals surface area contributed by atoms with Gasteiger partial charge in [-0.05, 0) is 69.7 Å². The number of nitrogens with one attached hydrogen (secondary N) is 1. The van der Waals surface area contributed by atoms with Gasteiger partial charge in [0.2, 0.25) is 0 Å². The Morgan fingerprint density at radius 2 is 1.92 bits per heavy atom. The Morgan fingerprint density at radius 3 is 2.46 bits per heavy atom. The summed E-state index contributed by atoms with van der Waals surface area (Å²) in [6, 6.07) is 5.03. The van der Waals surface area contributed by atoms with Crippen LogP contribution in [-0.2, 0) is 22.7 Å². The Labute approximate surface area is 217 Å². The van der Waals surface area contributed by atoms with Crippen molar-refractivity contribution in [3.63, 3.8) is 0 Å². The fourth-order valence-electron chi connectivity index (χ4n) is 4.97. The van der Waals surface area contributed by atoms with E-state index in [1.54, 1.807) is 11.8 Å². The van der Waals surface area contributed by atoms with Crippen molar-refractivity contribution in [2.45, 2.75) is 84.7 Å². The molecular weight excluding hydrogens is 481 g/mol. The maximum absolute atomic E-state index is 13.1. The van der Waals surface area contributed by atoms with Gasteiger partial charge in [-0.25, -0.2) is 9.78 Å². The molecule has 2 aromatic heterocycles. The Bertz CT molecular complexity index is 1160. The number of rotatable bonds is 5. The monoisotopic (exact) mass is 518 g/mol. The Hall–Kier alpha value is -3.10. The van der Waals surface area contributed by atoms with E-state index in [0.29, 0.717) is 17.9 Å². The van der Waals surface area contributed by atoms with Crippen molar-refractivity contribution in [3.05, 3.63) is 58.2 Å². The topological polar surface area (TPSA) is 67.4 Å². The fourth-order valence-corrected chi connectivity index (χ4v) is 4.97. The highest BCUT2D eigenvalue weighted by atomic mass is 19.4. The van der Waals surface area contributed by atoms with Gasteiger partial charge in [-0.2, -0.15) is 13.2 Å². The van der Waals surface area contributed by atoms with Crippen LogP contribution in [0.5, 0.6) is 0 Å². The molecular formula is C28H37F3N4O2. The molecule has 0 radical (unpaired) electrons. The van der Waals surface area contributed by atoms with Gasteiger partial charge in [-0.3, -0.25) is 9.88 Å². The molecule has 0 bridgehead atoms. The number of anilines is 2. The van der Waals surface area contributed by atoms with Crippen LogP contribution in [0.2, 0.25) is 0 Å². The van der Waals surface area contributed by atoms with Crippen LogP contribution in [0.1, 0.15) is 82.3 Å². The smallest absolute Gasteiger partial charge is 0.417 e. The van der Waals surface area contributed by atoms with Crippen molar-refractivity contribution in [1.29, 1.82) is 0 Å². The second-order valence-electron chi connectivity index (χ2n) is 9.34. The molecule has 3 heterocycles. The first kappa shape index (κ1) is 28.5. The molecule has 1 aliphatic carbocycles. The van der Waals surface area contributed by atoms with Crippen LogP contribution in [0.4, 0.5) is 29.5 Å². The summed E-state index contributed by atoms with van der Waals surface area (Å²) in [5.41, 5.74) is 3.91. The molecule has 2 aliphatic rings. The summed E-state index contributed by atoms with van der Waals surface area (Å²) in [6.45, 7) is 10.3. The molecule has 1 N–H and O–H groups in total. The van der Waals surface area contributed by atoms with E-state index in [1.165, 1.54) is 7.11 Å².